The van der Waals surface area contributed by atoms with Gasteiger partial charge in [-0.1, -0.05) is 25.3 Å². The fraction of sp³-hybridized carbons (Fsp3) is 0.556. The number of hydrogen-bond acceptors (Lipinski definition) is 3. The Hall–Kier alpha value is -1.88. The lowest BCUT2D eigenvalue weighted by Crippen LogP contribution is -2.36. The van der Waals surface area contributed by atoms with Crippen LogP contribution in [0.25, 0.3) is 0 Å². The van der Waals surface area contributed by atoms with E-state index in [4.69, 9.17) is 5.73 Å². The topological polar surface area (TPSA) is 84.2 Å². The number of anilines is 2. The largest absolute Gasteiger partial charge is 0.330 e. The Morgan fingerprint density at radius 2 is 1.87 bits per heavy atom. The minimum absolute atomic E-state index is 0.00465. The number of carbonyl (C=O) groups excluding carboxylic acids is 2. The molecule has 0 bridgehead atoms. The van der Waals surface area contributed by atoms with Crippen molar-refractivity contribution in [1.82, 2.24) is 0 Å². The molecule has 0 radical (unpaired) electrons. The van der Waals surface area contributed by atoms with Crippen molar-refractivity contribution >= 4 is 23.2 Å². The maximum absolute atomic E-state index is 12.4. The van der Waals surface area contributed by atoms with E-state index in [0.29, 0.717) is 18.7 Å². The van der Waals surface area contributed by atoms with Gasteiger partial charge in [0.1, 0.15) is 0 Å². The molecule has 126 valence electrons. The number of nitrogens with two attached hydrogens (primary N) is 1. The van der Waals surface area contributed by atoms with Crippen LogP contribution in [0.2, 0.25) is 0 Å². The van der Waals surface area contributed by atoms with Gasteiger partial charge in [-0.15, -0.1) is 0 Å². The fourth-order valence-corrected chi connectivity index (χ4v) is 3.32. The summed E-state index contributed by atoms with van der Waals surface area (Å²) < 4.78 is 0. The van der Waals surface area contributed by atoms with E-state index in [9.17, 15) is 9.59 Å². The van der Waals surface area contributed by atoms with E-state index < -0.39 is 0 Å². The van der Waals surface area contributed by atoms with E-state index in [-0.39, 0.29) is 17.2 Å². The summed E-state index contributed by atoms with van der Waals surface area (Å²) in [6, 6.07) is 5.54. The molecule has 2 rings (SSSR count). The molecule has 0 atom stereocenters. The second-order valence-electron chi connectivity index (χ2n) is 6.70. The van der Waals surface area contributed by atoms with E-state index in [1.54, 1.807) is 6.07 Å². The Bertz CT molecular complexity index is 578. The molecule has 0 aromatic heterocycles. The normalized spacial score (nSPS) is 16.7. The number of benzene rings is 1. The van der Waals surface area contributed by atoms with E-state index in [0.717, 1.165) is 36.9 Å². The van der Waals surface area contributed by atoms with Crippen LogP contribution in [0.5, 0.6) is 0 Å². The number of rotatable bonds is 5. The van der Waals surface area contributed by atoms with Gasteiger partial charge in [-0.3, -0.25) is 9.59 Å². The van der Waals surface area contributed by atoms with Crippen molar-refractivity contribution in [3.8, 4) is 0 Å². The number of carbonyl (C=O) groups is 2. The summed E-state index contributed by atoms with van der Waals surface area (Å²) in [7, 11) is 0. The first-order chi connectivity index (χ1) is 10.9. The molecule has 5 heteroatoms. The molecule has 4 N–H and O–H groups in total. The van der Waals surface area contributed by atoms with Crippen molar-refractivity contribution in [2.24, 2.45) is 11.1 Å². The summed E-state index contributed by atoms with van der Waals surface area (Å²) in [5.41, 5.74) is 8.29. The van der Waals surface area contributed by atoms with Crippen molar-refractivity contribution in [3.05, 3.63) is 23.8 Å². The molecule has 1 aliphatic carbocycles. The van der Waals surface area contributed by atoms with Gasteiger partial charge in [-0.25, -0.2) is 0 Å². The summed E-state index contributed by atoms with van der Waals surface area (Å²) in [5, 5.41) is 5.72. The highest BCUT2D eigenvalue weighted by molar-refractivity contribution is 5.94. The zero-order valence-electron chi connectivity index (χ0n) is 14.1. The Labute approximate surface area is 138 Å². The Kier molecular flexibility index (Phi) is 5.77. The van der Waals surface area contributed by atoms with E-state index in [1.807, 2.05) is 19.1 Å². The number of nitrogens with one attached hydrogen (secondary N) is 2. The molecule has 0 unspecified atom stereocenters. The van der Waals surface area contributed by atoms with Crippen LogP contribution in [0.15, 0.2) is 18.2 Å². The molecule has 1 saturated carbocycles. The molecular formula is C18H27N3O2. The molecule has 0 aliphatic heterocycles. The van der Waals surface area contributed by atoms with Gasteiger partial charge in [0.25, 0.3) is 0 Å². The molecule has 1 aromatic carbocycles. The van der Waals surface area contributed by atoms with E-state index in [1.165, 1.54) is 13.3 Å². The highest BCUT2D eigenvalue weighted by Gasteiger charge is 2.32. The van der Waals surface area contributed by atoms with Crippen molar-refractivity contribution in [3.63, 3.8) is 0 Å². The van der Waals surface area contributed by atoms with Crippen LogP contribution < -0.4 is 16.4 Å². The van der Waals surface area contributed by atoms with Crippen molar-refractivity contribution in [2.75, 3.05) is 17.2 Å². The second kappa shape index (κ2) is 7.59. The van der Waals surface area contributed by atoms with Gasteiger partial charge in [0.15, 0.2) is 0 Å². The zero-order chi connectivity index (χ0) is 16.9. The van der Waals surface area contributed by atoms with Gasteiger partial charge in [-0.2, -0.15) is 0 Å². The number of aryl methyl sites for hydroxylation is 1. The lowest BCUT2D eigenvalue weighted by atomic mass is 9.71. The summed E-state index contributed by atoms with van der Waals surface area (Å²) in [5.74, 6) is -0.129. The average molecular weight is 317 g/mol. The van der Waals surface area contributed by atoms with Crippen LogP contribution in [0.4, 0.5) is 11.4 Å². The third-order valence-corrected chi connectivity index (χ3v) is 4.71. The first-order valence-electron chi connectivity index (χ1n) is 8.32. The minimum Gasteiger partial charge on any atom is -0.330 e. The highest BCUT2D eigenvalue weighted by Crippen LogP contribution is 2.38. The van der Waals surface area contributed by atoms with Gasteiger partial charge < -0.3 is 16.4 Å². The third-order valence-electron chi connectivity index (χ3n) is 4.71. The Morgan fingerprint density at radius 1 is 1.17 bits per heavy atom. The number of amides is 2. The second-order valence-corrected chi connectivity index (χ2v) is 6.70. The lowest BCUT2D eigenvalue weighted by molar-refractivity contribution is -0.119. The average Bonchev–Trinajstić information content (AvgIpc) is 2.51. The van der Waals surface area contributed by atoms with Crippen LogP contribution in [0.1, 0.15) is 51.0 Å². The lowest BCUT2D eigenvalue weighted by Gasteiger charge is -2.35. The Balaban J connectivity index is 2.03. The van der Waals surface area contributed by atoms with Crippen molar-refractivity contribution in [2.45, 2.75) is 52.4 Å². The maximum atomic E-state index is 12.4. The molecule has 2 amide bonds. The molecule has 1 aliphatic rings. The Morgan fingerprint density at radius 3 is 2.48 bits per heavy atom. The van der Waals surface area contributed by atoms with Gasteiger partial charge in [-0.05, 0) is 49.4 Å². The molecule has 23 heavy (non-hydrogen) atoms. The quantitative estimate of drug-likeness (QED) is 0.779. The molecule has 0 saturated heterocycles. The SMILES string of the molecule is CC(=O)Nc1cc(NC(=O)CC2(CN)CCCCC2)ccc1C. The van der Waals surface area contributed by atoms with Gasteiger partial charge >= 0.3 is 0 Å². The highest BCUT2D eigenvalue weighted by atomic mass is 16.2. The molecule has 1 fully saturated rings. The summed E-state index contributed by atoms with van der Waals surface area (Å²) in [6.07, 6.45) is 6.07. The van der Waals surface area contributed by atoms with Gasteiger partial charge in [0, 0.05) is 24.7 Å². The first kappa shape index (κ1) is 17.5. The van der Waals surface area contributed by atoms with Crippen molar-refractivity contribution in [1.29, 1.82) is 0 Å². The maximum Gasteiger partial charge on any atom is 0.224 e. The third kappa shape index (κ3) is 4.79. The summed E-state index contributed by atoms with van der Waals surface area (Å²) in [6.45, 7) is 3.95. The van der Waals surface area contributed by atoms with E-state index in [2.05, 4.69) is 10.6 Å². The zero-order valence-corrected chi connectivity index (χ0v) is 14.1. The molecule has 0 heterocycles. The standard InChI is InChI=1S/C18H27N3O2/c1-13-6-7-15(10-16(13)20-14(2)22)21-17(23)11-18(12-19)8-4-3-5-9-18/h6-7,10H,3-5,8-9,11-12,19H2,1-2H3,(H,20,22)(H,21,23). The fourth-order valence-electron chi connectivity index (χ4n) is 3.32. The minimum atomic E-state index is -0.124. The number of hydrogen-bond donors (Lipinski definition) is 3. The summed E-state index contributed by atoms with van der Waals surface area (Å²) >= 11 is 0. The van der Waals surface area contributed by atoms with Crippen LogP contribution in [0.3, 0.4) is 0 Å². The monoisotopic (exact) mass is 317 g/mol. The van der Waals surface area contributed by atoms with Crippen LogP contribution in [0, 0.1) is 12.3 Å². The molecular weight excluding hydrogens is 290 g/mol. The first-order valence-corrected chi connectivity index (χ1v) is 8.32. The predicted molar refractivity (Wildman–Crippen MR) is 93.3 cm³/mol. The molecule has 5 nitrogen and oxygen atoms in total. The van der Waals surface area contributed by atoms with E-state index >= 15 is 0 Å². The van der Waals surface area contributed by atoms with Crippen molar-refractivity contribution < 1.29 is 9.59 Å². The summed E-state index contributed by atoms with van der Waals surface area (Å²) in [4.78, 5) is 23.6. The van der Waals surface area contributed by atoms with Crippen LogP contribution >= 0.6 is 0 Å². The predicted octanol–water partition coefficient (Wildman–Crippen LogP) is 3.19. The van der Waals surface area contributed by atoms with Gasteiger partial charge in [0.05, 0.1) is 0 Å². The molecule has 1 aromatic rings. The smallest absolute Gasteiger partial charge is 0.224 e. The molecule has 0 spiro atoms. The van der Waals surface area contributed by atoms with Crippen LogP contribution in [-0.2, 0) is 9.59 Å². The van der Waals surface area contributed by atoms with Crippen LogP contribution in [-0.4, -0.2) is 18.4 Å². The van der Waals surface area contributed by atoms with Gasteiger partial charge in [0.2, 0.25) is 11.8 Å².